The van der Waals surface area contributed by atoms with Gasteiger partial charge in [0, 0.05) is 12.5 Å². The first-order valence-corrected chi connectivity index (χ1v) is 7.10. The average molecular weight is 267 g/mol. The first-order valence-electron chi connectivity index (χ1n) is 7.10. The molecular weight excluding hydrogens is 246 g/mol. The highest BCUT2D eigenvalue weighted by Gasteiger charge is 2.64. The predicted octanol–water partition coefficient (Wildman–Crippen LogP) is 0.679. The second kappa shape index (κ2) is 4.78. The summed E-state index contributed by atoms with van der Waals surface area (Å²) in [5.74, 6) is -0.246. The number of carbonyl (C=O) groups is 2. The molecule has 0 radical (unpaired) electrons. The van der Waals surface area contributed by atoms with Crippen molar-refractivity contribution in [3.8, 4) is 0 Å². The molecule has 3 rings (SSSR count). The maximum Gasteiger partial charge on any atom is 0.310 e. The van der Waals surface area contributed by atoms with Crippen LogP contribution in [-0.2, 0) is 19.1 Å². The molecule has 1 aliphatic heterocycles. The van der Waals surface area contributed by atoms with Crippen molar-refractivity contribution in [1.29, 1.82) is 0 Å². The lowest BCUT2D eigenvalue weighted by Crippen LogP contribution is -2.33. The molecule has 19 heavy (non-hydrogen) atoms. The van der Waals surface area contributed by atoms with E-state index in [1.807, 2.05) is 14.1 Å². The molecule has 5 heteroatoms. The van der Waals surface area contributed by atoms with Crippen LogP contribution < -0.4 is 0 Å². The van der Waals surface area contributed by atoms with Crippen LogP contribution >= 0.6 is 0 Å². The Bertz CT molecular complexity index is 393. The van der Waals surface area contributed by atoms with Crippen molar-refractivity contribution in [1.82, 2.24) is 4.90 Å². The predicted molar refractivity (Wildman–Crippen MR) is 67.2 cm³/mol. The lowest BCUT2D eigenvalue weighted by atomic mass is 9.80. The van der Waals surface area contributed by atoms with Crippen LogP contribution in [0.3, 0.4) is 0 Å². The van der Waals surface area contributed by atoms with Crippen LogP contribution in [0, 0.1) is 23.7 Å². The summed E-state index contributed by atoms with van der Waals surface area (Å²) in [6, 6.07) is 0. The van der Waals surface area contributed by atoms with Gasteiger partial charge in [0.2, 0.25) is 0 Å². The van der Waals surface area contributed by atoms with Crippen LogP contribution in [0.1, 0.15) is 19.3 Å². The van der Waals surface area contributed by atoms with E-state index >= 15 is 0 Å². The van der Waals surface area contributed by atoms with Gasteiger partial charge in [-0.3, -0.25) is 9.59 Å². The molecular formula is C14H21NO4. The first kappa shape index (κ1) is 12.9. The van der Waals surface area contributed by atoms with Crippen molar-refractivity contribution >= 4 is 11.9 Å². The van der Waals surface area contributed by atoms with Crippen LogP contribution in [0.4, 0.5) is 0 Å². The summed E-state index contributed by atoms with van der Waals surface area (Å²) in [6.45, 7) is 1.34. The Morgan fingerprint density at radius 3 is 2.95 bits per heavy atom. The lowest BCUT2D eigenvalue weighted by Gasteiger charge is -2.22. The summed E-state index contributed by atoms with van der Waals surface area (Å²) in [7, 11) is 3.98. The Labute approximate surface area is 113 Å². The summed E-state index contributed by atoms with van der Waals surface area (Å²) in [4.78, 5) is 26.0. The van der Waals surface area contributed by atoms with Crippen molar-refractivity contribution in [2.75, 3.05) is 27.2 Å². The third kappa shape index (κ3) is 2.14. The number of fused-ring (bicyclic) bond motifs is 1. The summed E-state index contributed by atoms with van der Waals surface area (Å²) in [6.07, 6.45) is 2.72. The standard InChI is InChI=1S/C14H21NO4/c1-15(2)4-3-5-18-13(16)11-8-6-9-10(7-8)19-14(17)12(9)11/h8-12H,3-7H2,1-2H3. The Morgan fingerprint density at radius 1 is 1.42 bits per heavy atom. The van der Waals surface area contributed by atoms with Gasteiger partial charge in [-0.05, 0) is 39.3 Å². The van der Waals surface area contributed by atoms with E-state index in [1.54, 1.807) is 0 Å². The quantitative estimate of drug-likeness (QED) is 0.541. The van der Waals surface area contributed by atoms with E-state index in [0.29, 0.717) is 12.5 Å². The fourth-order valence-corrected chi connectivity index (χ4v) is 3.97. The molecule has 5 nitrogen and oxygen atoms in total. The molecule has 5 atom stereocenters. The minimum absolute atomic E-state index is 0.0836. The zero-order valence-corrected chi connectivity index (χ0v) is 11.5. The summed E-state index contributed by atoms with van der Waals surface area (Å²) < 4.78 is 10.7. The molecule has 0 spiro atoms. The molecule has 0 aromatic rings. The van der Waals surface area contributed by atoms with Gasteiger partial charge in [0.05, 0.1) is 18.4 Å². The SMILES string of the molecule is CN(C)CCCOC(=O)C1C2CC3OC(=O)C1C3C2. The molecule has 0 N–H and O–H groups in total. The molecule has 2 bridgehead atoms. The monoisotopic (exact) mass is 267 g/mol. The smallest absolute Gasteiger partial charge is 0.310 e. The van der Waals surface area contributed by atoms with Crippen LogP contribution in [0.15, 0.2) is 0 Å². The fraction of sp³-hybridized carbons (Fsp3) is 0.857. The van der Waals surface area contributed by atoms with Crippen molar-refractivity contribution in [3.05, 3.63) is 0 Å². The van der Waals surface area contributed by atoms with E-state index in [4.69, 9.17) is 9.47 Å². The highest BCUT2D eigenvalue weighted by molar-refractivity contribution is 5.85. The summed E-state index contributed by atoms with van der Waals surface area (Å²) in [5.41, 5.74) is 0. The van der Waals surface area contributed by atoms with Crippen molar-refractivity contribution in [2.45, 2.75) is 25.4 Å². The van der Waals surface area contributed by atoms with Gasteiger partial charge in [0.1, 0.15) is 6.10 Å². The average Bonchev–Trinajstić information content (AvgIpc) is 2.94. The van der Waals surface area contributed by atoms with Crippen LogP contribution in [0.2, 0.25) is 0 Å². The zero-order valence-electron chi connectivity index (χ0n) is 11.5. The Balaban J connectivity index is 1.55. The number of esters is 2. The largest absolute Gasteiger partial charge is 0.465 e. The molecule has 2 aliphatic carbocycles. The molecule has 3 fully saturated rings. The lowest BCUT2D eigenvalue weighted by molar-refractivity contribution is -0.155. The van der Waals surface area contributed by atoms with E-state index in [1.165, 1.54) is 0 Å². The molecule has 3 aliphatic rings. The van der Waals surface area contributed by atoms with Gasteiger partial charge >= 0.3 is 11.9 Å². The van der Waals surface area contributed by atoms with Crippen LogP contribution in [-0.4, -0.2) is 50.2 Å². The molecule has 2 saturated carbocycles. The second-order valence-electron chi connectivity index (χ2n) is 6.25. The third-order valence-electron chi connectivity index (χ3n) is 4.75. The molecule has 0 amide bonds. The van der Waals surface area contributed by atoms with Gasteiger partial charge in [0.25, 0.3) is 0 Å². The highest BCUT2D eigenvalue weighted by atomic mass is 16.6. The van der Waals surface area contributed by atoms with Gasteiger partial charge in [0.15, 0.2) is 0 Å². The van der Waals surface area contributed by atoms with Gasteiger partial charge in [-0.2, -0.15) is 0 Å². The van der Waals surface area contributed by atoms with Crippen LogP contribution in [0.5, 0.6) is 0 Å². The van der Waals surface area contributed by atoms with Crippen LogP contribution in [0.25, 0.3) is 0 Å². The molecule has 106 valence electrons. The van der Waals surface area contributed by atoms with E-state index in [9.17, 15) is 9.59 Å². The number of hydrogen-bond donors (Lipinski definition) is 0. The summed E-state index contributed by atoms with van der Waals surface area (Å²) in [5, 5.41) is 0. The number of nitrogens with zero attached hydrogens (tertiary/aromatic N) is 1. The topological polar surface area (TPSA) is 55.8 Å². The van der Waals surface area contributed by atoms with Crippen molar-refractivity contribution in [3.63, 3.8) is 0 Å². The highest BCUT2D eigenvalue weighted by Crippen LogP contribution is 2.57. The minimum Gasteiger partial charge on any atom is -0.465 e. The second-order valence-corrected chi connectivity index (χ2v) is 6.25. The Morgan fingerprint density at radius 2 is 2.21 bits per heavy atom. The van der Waals surface area contributed by atoms with E-state index in [-0.39, 0.29) is 35.8 Å². The fourth-order valence-electron chi connectivity index (χ4n) is 3.97. The van der Waals surface area contributed by atoms with Gasteiger partial charge in [-0.15, -0.1) is 0 Å². The summed E-state index contributed by atoms with van der Waals surface area (Å²) >= 11 is 0. The first-order chi connectivity index (χ1) is 9.08. The Hall–Kier alpha value is -1.10. The molecule has 1 saturated heterocycles. The van der Waals surface area contributed by atoms with E-state index in [2.05, 4.69) is 4.90 Å². The molecule has 5 unspecified atom stereocenters. The Kier molecular flexibility index (Phi) is 3.25. The molecule has 0 aromatic carbocycles. The third-order valence-corrected chi connectivity index (χ3v) is 4.75. The van der Waals surface area contributed by atoms with Gasteiger partial charge < -0.3 is 14.4 Å². The van der Waals surface area contributed by atoms with E-state index in [0.717, 1.165) is 25.8 Å². The number of hydrogen-bond acceptors (Lipinski definition) is 5. The maximum absolute atomic E-state index is 12.2. The normalized spacial score (nSPS) is 38.9. The van der Waals surface area contributed by atoms with Crippen molar-refractivity contribution in [2.24, 2.45) is 23.7 Å². The molecule has 0 aromatic heterocycles. The maximum atomic E-state index is 12.2. The number of ether oxygens (including phenoxy) is 2. The zero-order chi connectivity index (χ0) is 13.6. The number of carbonyl (C=O) groups excluding carboxylic acids is 2. The minimum atomic E-state index is -0.240. The van der Waals surface area contributed by atoms with Gasteiger partial charge in [-0.25, -0.2) is 0 Å². The van der Waals surface area contributed by atoms with Gasteiger partial charge in [-0.1, -0.05) is 0 Å². The van der Waals surface area contributed by atoms with Crippen molar-refractivity contribution < 1.29 is 19.1 Å². The number of rotatable bonds is 5. The molecule has 1 heterocycles. The van der Waals surface area contributed by atoms with E-state index < -0.39 is 0 Å².